The summed E-state index contributed by atoms with van der Waals surface area (Å²) in [6, 6.07) is 41.6. The zero-order chi connectivity index (χ0) is 34.0. The van der Waals surface area contributed by atoms with Crippen molar-refractivity contribution in [1.82, 2.24) is 24.7 Å². The maximum absolute atomic E-state index is 13.5. The van der Waals surface area contributed by atoms with Crippen molar-refractivity contribution in [2.75, 3.05) is 58.3 Å². The number of rotatable bonds is 13. The van der Waals surface area contributed by atoms with Crippen LogP contribution in [-0.4, -0.2) is 83.9 Å². The molecular formula is C40H43ClN6OS. The number of piperazine rings is 1. The first-order valence-corrected chi connectivity index (χ1v) is 18.1. The van der Waals surface area contributed by atoms with Gasteiger partial charge in [0, 0.05) is 63.2 Å². The van der Waals surface area contributed by atoms with E-state index in [0.717, 1.165) is 44.1 Å². The summed E-state index contributed by atoms with van der Waals surface area (Å²) in [5.41, 5.74) is 5.57. The van der Waals surface area contributed by atoms with Crippen LogP contribution in [0.2, 0.25) is 5.15 Å². The molecule has 5 aromatic rings. The van der Waals surface area contributed by atoms with Crippen LogP contribution in [0.25, 0.3) is 0 Å². The van der Waals surface area contributed by atoms with Gasteiger partial charge in [0.05, 0.1) is 6.04 Å². The Bertz CT molecular complexity index is 1730. The standard InChI is InChI=1S/C40H43ClN6OS/c1-44(2)22-23-47(29-31-12-6-3-7-13-31)37-28-36(41)42-40(43-37)49-30-32-18-20-35(21-19-32)39(48)46-26-24-45(25-27-46)38(33-14-8-4-9-15-33)34-16-10-5-11-17-34/h3-21,28,38H,22-27,29-30H2,1-2H3. The zero-order valence-corrected chi connectivity index (χ0v) is 29.7. The number of aromatic nitrogens is 2. The van der Waals surface area contributed by atoms with Crippen molar-refractivity contribution >= 4 is 35.1 Å². The van der Waals surface area contributed by atoms with Gasteiger partial charge in [-0.25, -0.2) is 9.97 Å². The van der Waals surface area contributed by atoms with E-state index < -0.39 is 0 Å². The first kappa shape index (κ1) is 34.6. The molecule has 1 aliphatic rings. The van der Waals surface area contributed by atoms with E-state index >= 15 is 0 Å². The fourth-order valence-corrected chi connectivity index (χ4v) is 7.19. The Labute approximate surface area is 299 Å². The molecule has 0 spiro atoms. The predicted molar refractivity (Wildman–Crippen MR) is 201 cm³/mol. The highest BCUT2D eigenvalue weighted by molar-refractivity contribution is 7.98. The molecule has 1 amide bonds. The molecule has 9 heteroatoms. The molecule has 7 nitrogen and oxygen atoms in total. The summed E-state index contributed by atoms with van der Waals surface area (Å²) < 4.78 is 0. The third-order valence-corrected chi connectivity index (χ3v) is 9.90. The summed E-state index contributed by atoms with van der Waals surface area (Å²) in [6.45, 7) is 5.44. The monoisotopic (exact) mass is 690 g/mol. The number of anilines is 1. The maximum atomic E-state index is 13.5. The van der Waals surface area contributed by atoms with E-state index in [1.165, 1.54) is 16.7 Å². The Morgan fingerprint density at radius 2 is 1.35 bits per heavy atom. The van der Waals surface area contributed by atoms with E-state index in [4.69, 9.17) is 16.6 Å². The van der Waals surface area contributed by atoms with Gasteiger partial charge in [-0.1, -0.05) is 126 Å². The highest BCUT2D eigenvalue weighted by Gasteiger charge is 2.28. The largest absolute Gasteiger partial charge is 0.351 e. The molecule has 0 atom stereocenters. The van der Waals surface area contributed by atoms with E-state index in [-0.39, 0.29) is 11.9 Å². The van der Waals surface area contributed by atoms with Crippen LogP contribution in [0.15, 0.2) is 126 Å². The van der Waals surface area contributed by atoms with Crippen LogP contribution in [0.4, 0.5) is 5.82 Å². The van der Waals surface area contributed by atoms with Crippen LogP contribution in [0.1, 0.15) is 38.7 Å². The average molecular weight is 691 g/mol. The van der Waals surface area contributed by atoms with Gasteiger partial charge in [-0.3, -0.25) is 9.69 Å². The summed E-state index contributed by atoms with van der Waals surface area (Å²) in [6.07, 6.45) is 0. The molecule has 1 fully saturated rings. The summed E-state index contributed by atoms with van der Waals surface area (Å²) in [5.74, 6) is 1.56. The minimum absolute atomic E-state index is 0.0777. The third kappa shape index (κ3) is 9.49. The number of thioether (sulfide) groups is 1. The second kappa shape index (κ2) is 16.9. The molecule has 2 heterocycles. The van der Waals surface area contributed by atoms with Crippen LogP contribution in [-0.2, 0) is 12.3 Å². The smallest absolute Gasteiger partial charge is 0.253 e. The zero-order valence-electron chi connectivity index (χ0n) is 28.2. The highest BCUT2D eigenvalue weighted by atomic mass is 35.5. The number of hydrogen-bond donors (Lipinski definition) is 0. The lowest BCUT2D eigenvalue weighted by Crippen LogP contribution is -2.49. The number of hydrogen-bond acceptors (Lipinski definition) is 7. The van der Waals surface area contributed by atoms with Gasteiger partial charge in [-0.2, -0.15) is 0 Å². The van der Waals surface area contributed by atoms with Gasteiger partial charge >= 0.3 is 0 Å². The summed E-state index contributed by atoms with van der Waals surface area (Å²) >= 11 is 8.06. The Balaban J connectivity index is 1.06. The maximum Gasteiger partial charge on any atom is 0.253 e. The summed E-state index contributed by atoms with van der Waals surface area (Å²) in [7, 11) is 4.14. The van der Waals surface area contributed by atoms with E-state index in [2.05, 4.69) is 119 Å². The van der Waals surface area contributed by atoms with Crippen molar-refractivity contribution < 1.29 is 4.79 Å². The van der Waals surface area contributed by atoms with Gasteiger partial charge in [-0.05, 0) is 48.5 Å². The number of likely N-dealkylation sites (N-methyl/N-ethyl adjacent to an activating group) is 1. The van der Waals surface area contributed by atoms with E-state index in [9.17, 15) is 4.79 Å². The fourth-order valence-electron chi connectivity index (χ4n) is 6.15. The number of benzene rings is 4. The van der Waals surface area contributed by atoms with Gasteiger partial charge in [0.1, 0.15) is 11.0 Å². The van der Waals surface area contributed by atoms with Crippen LogP contribution < -0.4 is 4.90 Å². The molecule has 252 valence electrons. The van der Waals surface area contributed by atoms with Crippen LogP contribution in [0.3, 0.4) is 0 Å². The van der Waals surface area contributed by atoms with Crippen molar-refractivity contribution in [2.24, 2.45) is 0 Å². The summed E-state index contributed by atoms with van der Waals surface area (Å²) in [4.78, 5) is 31.8. The minimum atomic E-state index is 0.0777. The first-order chi connectivity index (χ1) is 23.9. The number of carbonyl (C=O) groups is 1. The molecule has 4 aromatic carbocycles. The third-order valence-electron chi connectivity index (χ3n) is 8.78. The SMILES string of the molecule is CN(C)CCN(Cc1ccccc1)c1cc(Cl)nc(SCc2ccc(C(=O)N3CCN(C(c4ccccc4)c4ccccc4)CC3)cc2)n1. The molecule has 1 saturated heterocycles. The Kier molecular flexibility index (Phi) is 12.0. The van der Waals surface area contributed by atoms with E-state index in [0.29, 0.717) is 34.7 Å². The van der Waals surface area contributed by atoms with Crippen LogP contribution in [0.5, 0.6) is 0 Å². The molecule has 0 aliphatic carbocycles. The Morgan fingerprint density at radius 3 is 1.94 bits per heavy atom. The second-order valence-electron chi connectivity index (χ2n) is 12.6. The van der Waals surface area contributed by atoms with Crippen molar-refractivity contribution in [1.29, 1.82) is 0 Å². The lowest BCUT2D eigenvalue weighted by molar-refractivity contribution is 0.0597. The van der Waals surface area contributed by atoms with Crippen molar-refractivity contribution in [3.63, 3.8) is 0 Å². The van der Waals surface area contributed by atoms with Gasteiger partial charge < -0.3 is 14.7 Å². The van der Waals surface area contributed by atoms with Crippen LogP contribution in [0, 0.1) is 0 Å². The first-order valence-electron chi connectivity index (χ1n) is 16.8. The van der Waals surface area contributed by atoms with Crippen molar-refractivity contribution in [2.45, 2.75) is 23.5 Å². The molecule has 0 unspecified atom stereocenters. The second-order valence-corrected chi connectivity index (χ2v) is 13.9. The molecule has 1 aromatic heterocycles. The molecule has 49 heavy (non-hydrogen) atoms. The van der Waals surface area contributed by atoms with Gasteiger partial charge in [0.25, 0.3) is 5.91 Å². The quantitative estimate of drug-likeness (QED) is 0.0719. The molecule has 0 radical (unpaired) electrons. The highest BCUT2D eigenvalue weighted by Crippen LogP contribution is 2.30. The molecule has 6 rings (SSSR count). The number of amides is 1. The van der Waals surface area contributed by atoms with Gasteiger partial charge in [0.2, 0.25) is 0 Å². The van der Waals surface area contributed by atoms with E-state index in [1.807, 2.05) is 41.3 Å². The minimum Gasteiger partial charge on any atom is -0.351 e. The molecule has 0 saturated carbocycles. The molecular weight excluding hydrogens is 648 g/mol. The van der Waals surface area contributed by atoms with Crippen molar-refractivity contribution in [3.8, 4) is 0 Å². The predicted octanol–water partition coefficient (Wildman–Crippen LogP) is 7.54. The van der Waals surface area contributed by atoms with Crippen molar-refractivity contribution in [3.05, 3.63) is 154 Å². The lowest BCUT2D eigenvalue weighted by atomic mass is 9.96. The number of nitrogens with zero attached hydrogens (tertiary/aromatic N) is 6. The molecule has 0 bridgehead atoms. The van der Waals surface area contributed by atoms with E-state index in [1.54, 1.807) is 11.8 Å². The lowest BCUT2D eigenvalue weighted by Gasteiger charge is -2.39. The van der Waals surface area contributed by atoms with Gasteiger partial charge in [0.15, 0.2) is 5.16 Å². The fraction of sp³-hybridized carbons (Fsp3) is 0.275. The number of carbonyl (C=O) groups excluding carboxylic acids is 1. The molecule has 0 N–H and O–H groups in total. The van der Waals surface area contributed by atoms with Crippen LogP contribution >= 0.6 is 23.4 Å². The average Bonchev–Trinajstić information content (AvgIpc) is 3.14. The van der Waals surface area contributed by atoms with Gasteiger partial charge in [-0.15, -0.1) is 0 Å². The summed E-state index contributed by atoms with van der Waals surface area (Å²) in [5, 5.41) is 1.06. The Hall–Kier alpha value is -4.21. The number of halogens is 1. The topological polar surface area (TPSA) is 55.8 Å². The Morgan fingerprint density at radius 1 is 0.755 bits per heavy atom. The normalized spacial score (nSPS) is 13.6. The molecule has 1 aliphatic heterocycles.